The van der Waals surface area contributed by atoms with E-state index in [-0.39, 0.29) is 4.88 Å². The quantitative estimate of drug-likeness (QED) is 0.905. The van der Waals surface area contributed by atoms with Crippen molar-refractivity contribution in [3.8, 4) is 16.3 Å². The Hall–Kier alpha value is -1.88. The molecule has 0 saturated carbocycles. The molecular formula is C12H11NO3S. The monoisotopic (exact) mass is 249 g/mol. The van der Waals surface area contributed by atoms with Crippen molar-refractivity contribution in [3.05, 3.63) is 35.3 Å². The van der Waals surface area contributed by atoms with Crippen LogP contribution in [0.2, 0.25) is 0 Å². The lowest BCUT2D eigenvalue weighted by molar-refractivity contribution is 0.0702. The molecule has 0 radical (unpaired) electrons. The highest BCUT2D eigenvalue weighted by atomic mass is 32.1. The largest absolute Gasteiger partial charge is 0.494 e. The lowest BCUT2D eigenvalue weighted by Crippen LogP contribution is -1.90. The molecule has 0 spiro atoms. The van der Waals surface area contributed by atoms with E-state index in [0.717, 1.165) is 22.6 Å². The Morgan fingerprint density at radius 3 is 3.00 bits per heavy atom. The number of aromatic carboxylic acids is 1. The van der Waals surface area contributed by atoms with E-state index in [1.54, 1.807) is 0 Å². The van der Waals surface area contributed by atoms with Crippen LogP contribution >= 0.6 is 11.3 Å². The Morgan fingerprint density at radius 1 is 1.53 bits per heavy atom. The van der Waals surface area contributed by atoms with Crippen LogP contribution in [0.4, 0.5) is 0 Å². The summed E-state index contributed by atoms with van der Waals surface area (Å²) >= 11 is 1.15. The maximum Gasteiger partial charge on any atom is 0.347 e. The van der Waals surface area contributed by atoms with E-state index < -0.39 is 5.97 Å². The first-order valence-electron chi connectivity index (χ1n) is 5.13. The number of ether oxygens (including phenoxy) is 1. The Kier molecular flexibility index (Phi) is 3.39. The highest BCUT2D eigenvalue weighted by Gasteiger charge is 2.10. The van der Waals surface area contributed by atoms with Gasteiger partial charge in [-0.2, -0.15) is 0 Å². The summed E-state index contributed by atoms with van der Waals surface area (Å²) < 4.78 is 5.38. The summed E-state index contributed by atoms with van der Waals surface area (Å²) in [7, 11) is 0. The van der Waals surface area contributed by atoms with Crippen molar-refractivity contribution in [2.75, 3.05) is 6.61 Å². The normalized spacial score (nSPS) is 10.2. The molecule has 0 fully saturated rings. The SMILES string of the molecule is CCOc1cccc(-c2ncc(C(=O)O)s2)c1. The van der Waals surface area contributed by atoms with E-state index in [0.29, 0.717) is 11.6 Å². The molecule has 1 heterocycles. The molecule has 0 amide bonds. The fourth-order valence-electron chi connectivity index (χ4n) is 1.39. The average Bonchev–Trinajstić information content (AvgIpc) is 2.79. The molecule has 1 N–H and O–H groups in total. The second kappa shape index (κ2) is 4.97. The molecule has 0 bridgehead atoms. The van der Waals surface area contributed by atoms with Gasteiger partial charge in [-0.25, -0.2) is 9.78 Å². The number of nitrogens with zero attached hydrogens (tertiary/aromatic N) is 1. The van der Waals surface area contributed by atoms with Crippen LogP contribution < -0.4 is 4.74 Å². The second-order valence-corrected chi connectivity index (χ2v) is 4.33. The first kappa shape index (κ1) is 11.6. The average molecular weight is 249 g/mol. The van der Waals surface area contributed by atoms with E-state index in [4.69, 9.17) is 9.84 Å². The van der Waals surface area contributed by atoms with Gasteiger partial charge in [0.2, 0.25) is 0 Å². The first-order chi connectivity index (χ1) is 8.20. The van der Waals surface area contributed by atoms with Gasteiger partial charge in [0, 0.05) is 5.56 Å². The second-order valence-electron chi connectivity index (χ2n) is 3.30. The van der Waals surface area contributed by atoms with Gasteiger partial charge in [0.15, 0.2) is 0 Å². The lowest BCUT2D eigenvalue weighted by atomic mass is 10.2. The molecule has 0 aliphatic heterocycles. The maximum atomic E-state index is 10.8. The number of thiazole rings is 1. The molecule has 4 nitrogen and oxygen atoms in total. The van der Waals surface area contributed by atoms with E-state index in [1.807, 2.05) is 31.2 Å². The van der Waals surface area contributed by atoms with Crippen molar-refractivity contribution < 1.29 is 14.6 Å². The molecule has 0 saturated heterocycles. The predicted octanol–water partition coefficient (Wildman–Crippen LogP) is 2.91. The van der Waals surface area contributed by atoms with Gasteiger partial charge in [-0.15, -0.1) is 11.3 Å². The van der Waals surface area contributed by atoms with Gasteiger partial charge in [0.25, 0.3) is 0 Å². The fraction of sp³-hybridized carbons (Fsp3) is 0.167. The molecule has 2 rings (SSSR count). The zero-order valence-corrected chi connectivity index (χ0v) is 10.0. The third-order valence-electron chi connectivity index (χ3n) is 2.11. The van der Waals surface area contributed by atoms with E-state index in [2.05, 4.69) is 4.98 Å². The third kappa shape index (κ3) is 2.62. The van der Waals surface area contributed by atoms with Gasteiger partial charge in [-0.05, 0) is 19.1 Å². The van der Waals surface area contributed by atoms with Crippen LogP contribution in [-0.4, -0.2) is 22.7 Å². The van der Waals surface area contributed by atoms with Crippen molar-refractivity contribution in [2.24, 2.45) is 0 Å². The van der Waals surface area contributed by atoms with Crippen molar-refractivity contribution in [3.63, 3.8) is 0 Å². The number of benzene rings is 1. The van der Waals surface area contributed by atoms with Crippen LogP contribution in [0.25, 0.3) is 10.6 Å². The highest BCUT2D eigenvalue weighted by Crippen LogP contribution is 2.27. The van der Waals surface area contributed by atoms with Crippen molar-refractivity contribution in [1.29, 1.82) is 0 Å². The molecular weight excluding hydrogens is 238 g/mol. The number of hydrogen-bond donors (Lipinski definition) is 1. The van der Waals surface area contributed by atoms with E-state index >= 15 is 0 Å². The van der Waals surface area contributed by atoms with Gasteiger partial charge >= 0.3 is 5.97 Å². The molecule has 5 heteroatoms. The summed E-state index contributed by atoms with van der Waals surface area (Å²) in [6, 6.07) is 7.46. The van der Waals surface area contributed by atoms with Crippen LogP contribution in [0.15, 0.2) is 30.5 Å². The summed E-state index contributed by atoms with van der Waals surface area (Å²) in [6.07, 6.45) is 1.37. The molecule has 0 aliphatic carbocycles. The van der Waals surface area contributed by atoms with Crippen LogP contribution in [0, 0.1) is 0 Å². The number of carbonyl (C=O) groups is 1. The smallest absolute Gasteiger partial charge is 0.347 e. The fourth-order valence-corrected chi connectivity index (χ4v) is 2.14. The Balaban J connectivity index is 2.31. The summed E-state index contributed by atoms with van der Waals surface area (Å²) in [4.78, 5) is 15.1. The molecule has 88 valence electrons. The molecule has 0 atom stereocenters. The molecule has 1 aromatic carbocycles. The lowest BCUT2D eigenvalue weighted by Gasteiger charge is -2.03. The number of rotatable bonds is 4. The van der Waals surface area contributed by atoms with Gasteiger partial charge in [-0.1, -0.05) is 12.1 Å². The minimum atomic E-state index is -0.949. The summed E-state index contributed by atoms with van der Waals surface area (Å²) in [5.74, 6) is -0.188. The van der Waals surface area contributed by atoms with Crippen molar-refractivity contribution in [2.45, 2.75) is 6.92 Å². The topological polar surface area (TPSA) is 59.4 Å². The maximum absolute atomic E-state index is 10.8. The van der Waals surface area contributed by atoms with E-state index in [1.165, 1.54) is 6.20 Å². The standard InChI is InChI=1S/C12H11NO3S/c1-2-16-9-5-3-4-8(6-9)11-13-7-10(17-11)12(14)15/h3-7H,2H2,1H3,(H,14,15). The van der Waals surface area contributed by atoms with Gasteiger partial charge in [-0.3, -0.25) is 0 Å². The Labute approximate surface area is 103 Å². The van der Waals surface area contributed by atoms with Crippen LogP contribution in [-0.2, 0) is 0 Å². The Morgan fingerprint density at radius 2 is 2.35 bits per heavy atom. The number of carboxylic acids is 1. The molecule has 17 heavy (non-hydrogen) atoms. The predicted molar refractivity (Wildman–Crippen MR) is 65.7 cm³/mol. The summed E-state index contributed by atoms with van der Waals surface area (Å²) in [6.45, 7) is 2.51. The van der Waals surface area contributed by atoms with E-state index in [9.17, 15) is 4.79 Å². The van der Waals surface area contributed by atoms with Crippen LogP contribution in [0.3, 0.4) is 0 Å². The number of hydrogen-bond acceptors (Lipinski definition) is 4. The molecule has 0 unspecified atom stereocenters. The summed E-state index contributed by atoms with van der Waals surface area (Å²) in [5, 5.41) is 9.51. The Bertz CT molecular complexity index is 536. The van der Waals surface area contributed by atoms with Gasteiger partial charge in [0.05, 0.1) is 12.8 Å². The highest BCUT2D eigenvalue weighted by molar-refractivity contribution is 7.16. The van der Waals surface area contributed by atoms with Gasteiger partial charge in [0.1, 0.15) is 15.6 Å². The third-order valence-corrected chi connectivity index (χ3v) is 3.14. The number of aromatic nitrogens is 1. The first-order valence-corrected chi connectivity index (χ1v) is 5.94. The zero-order valence-electron chi connectivity index (χ0n) is 9.21. The van der Waals surface area contributed by atoms with Crippen molar-refractivity contribution >= 4 is 17.3 Å². The minimum Gasteiger partial charge on any atom is -0.494 e. The van der Waals surface area contributed by atoms with Crippen LogP contribution in [0.1, 0.15) is 16.6 Å². The molecule has 1 aromatic heterocycles. The minimum absolute atomic E-state index is 0.238. The van der Waals surface area contributed by atoms with Crippen molar-refractivity contribution in [1.82, 2.24) is 4.98 Å². The number of carboxylic acid groups (broad SMARTS) is 1. The summed E-state index contributed by atoms with van der Waals surface area (Å²) in [5.41, 5.74) is 0.869. The van der Waals surface area contributed by atoms with Gasteiger partial charge < -0.3 is 9.84 Å². The molecule has 0 aliphatic rings. The zero-order chi connectivity index (χ0) is 12.3. The molecule has 2 aromatic rings. The van der Waals surface area contributed by atoms with Crippen LogP contribution in [0.5, 0.6) is 5.75 Å².